The summed E-state index contributed by atoms with van der Waals surface area (Å²) in [5.74, 6) is 1.43. The summed E-state index contributed by atoms with van der Waals surface area (Å²) in [5, 5.41) is 16.1. The van der Waals surface area contributed by atoms with Gasteiger partial charge in [-0.05, 0) is 22.7 Å². The molecule has 0 amide bonds. The Kier molecular flexibility index (Phi) is 2.22. The smallest absolute Gasteiger partial charge is 0.205 e. The molecule has 0 bridgehead atoms. The number of aromatic amines is 1. The Bertz CT molecular complexity index is 649. The van der Waals surface area contributed by atoms with Crippen LogP contribution in [-0.2, 0) is 0 Å². The Balaban J connectivity index is 2.34. The average molecular weight is 226 g/mol. The summed E-state index contributed by atoms with van der Waals surface area (Å²) < 4.78 is 5.34. The van der Waals surface area contributed by atoms with Gasteiger partial charge in [0.15, 0.2) is 0 Å². The Morgan fingerprint density at radius 2 is 1.88 bits per heavy atom. The zero-order valence-electron chi connectivity index (χ0n) is 9.21. The van der Waals surface area contributed by atoms with Crippen LogP contribution in [-0.4, -0.2) is 27.7 Å². The number of nitrogens with one attached hydrogen (secondary N) is 1. The van der Waals surface area contributed by atoms with Gasteiger partial charge in [-0.25, -0.2) is 0 Å². The second-order valence-electron chi connectivity index (χ2n) is 3.60. The number of nitrogens with zero attached hydrogens (tertiary/aromatic N) is 3. The third-order valence-electron chi connectivity index (χ3n) is 2.69. The number of fused-ring (bicyclic) bond motifs is 1. The van der Waals surface area contributed by atoms with E-state index in [4.69, 9.17) is 4.74 Å². The third kappa shape index (κ3) is 1.52. The molecule has 3 aromatic rings. The second-order valence-corrected chi connectivity index (χ2v) is 3.60. The highest BCUT2D eigenvalue weighted by Gasteiger charge is 2.10. The normalized spacial score (nSPS) is 10.6. The maximum atomic E-state index is 5.34. The summed E-state index contributed by atoms with van der Waals surface area (Å²) in [6.45, 7) is 0. The van der Waals surface area contributed by atoms with Gasteiger partial charge in [-0.1, -0.05) is 24.3 Å². The zero-order valence-corrected chi connectivity index (χ0v) is 9.21. The SMILES string of the molecule is COc1ccc(-c2nn[nH]n2)c2ccccc12. The largest absolute Gasteiger partial charge is 0.496 e. The van der Waals surface area contributed by atoms with Gasteiger partial charge in [0, 0.05) is 10.9 Å². The van der Waals surface area contributed by atoms with E-state index in [0.29, 0.717) is 5.82 Å². The molecular weight excluding hydrogens is 216 g/mol. The fraction of sp³-hybridized carbons (Fsp3) is 0.0833. The van der Waals surface area contributed by atoms with Crippen LogP contribution in [0.2, 0.25) is 0 Å². The molecule has 5 nitrogen and oxygen atoms in total. The van der Waals surface area contributed by atoms with Crippen LogP contribution in [0.5, 0.6) is 5.75 Å². The Hall–Kier alpha value is -2.43. The predicted molar refractivity (Wildman–Crippen MR) is 63.7 cm³/mol. The number of H-pyrrole nitrogens is 1. The lowest BCUT2D eigenvalue weighted by Crippen LogP contribution is -1.88. The molecule has 0 saturated heterocycles. The lowest BCUT2D eigenvalue weighted by Gasteiger charge is -2.07. The maximum absolute atomic E-state index is 5.34. The predicted octanol–water partition coefficient (Wildman–Crippen LogP) is 2.03. The van der Waals surface area contributed by atoms with Gasteiger partial charge in [-0.3, -0.25) is 0 Å². The van der Waals surface area contributed by atoms with Crippen molar-refractivity contribution in [1.82, 2.24) is 20.6 Å². The van der Waals surface area contributed by atoms with Gasteiger partial charge in [0.05, 0.1) is 7.11 Å². The molecule has 17 heavy (non-hydrogen) atoms. The van der Waals surface area contributed by atoms with Crippen molar-refractivity contribution in [3.05, 3.63) is 36.4 Å². The van der Waals surface area contributed by atoms with Crippen LogP contribution in [0.4, 0.5) is 0 Å². The molecule has 0 spiro atoms. The van der Waals surface area contributed by atoms with E-state index >= 15 is 0 Å². The zero-order chi connectivity index (χ0) is 11.7. The third-order valence-corrected chi connectivity index (χ3v) is 2.69. The summed E-state index contributed by atoms with van der Waals surface area (Å²) in [6.07, 6.45) is 0. The second kappa shape index (κ2) is 3.86. The number of hydrogen-bond acceptors (Lipinski definition) is 4. The van der Waals surface area contributed by atoms with E-state index in [1.54, 1.807) is 7.11 Å². The standard InChI is InChI=1S/C12H10N4O/c1-17-11-7-6-10(12-13-15-16-14-12)8-4-2-3-5-9(8)11/h2-7H,1H3,(H,13,14,15,16). The minimum atomic E-state index is 0.587. The topological polar surface area (TPSA) is 63.7 Å². The van der Waals surface area contributed by atoms with Crippen LogP contribution >= 0.6 is 0 Å². The molecule has 0 saturated carbocycles. The lowest BCUT2D eigenvalue weighted by molar-refractivity contribution is 0.420. The van der Waals surface area contributed by atoms with E-state index in [1.165, 1.54) is 0 Å². The lowest BCUT2D eigenvalue weighted by atomic mass is 10.0. The fourth-order valence-corrected chi connectivity index (χ4v) is 1.92. The summed E-state index contributed by atoms with van der Waals surface area (Å²) in [6, 6.07) is 11.8. The molecular formula is C12H10N4O. The average Bonchev–Trinajstić information content (AvgIpc) is 2.91. The van der Waals surface area contributed by atoms with Gasteiger partial charge in [-0.15, -0.1) is 10.2 Å². The Morgan fingerprint density at radius 1 is 1.06 bits per heavy atom. The molecule has 0 unspecified atom stereocenters. The summed E-state index contributed by atoms with van der Waals surface area (Å²) in [5.41, 5.74) is 0.940. The van der Waals surface area contributed by atoms with Crippen molar-refractivity contribution in [2.75, 3.05) is 7.11 Å². The Labute approximate surface area is 97.4 Å². The number of hydrogen-bond donors (Lipinski definition) is 1. The van der Waals surface area contributed by atoms with E-state index in [0.717, 1.165) is 22.1 Å². The summed E-state index contributed by atoms with van der Waals surface area (Å²) in [7, 11) is 1.66. The summed E-state index contributed by atoms with van der Waals surface area (Å²) in [4.78, 5) is 0. The van der Waals surface area contributed by atoms with Crippen LogP contribution in [0.15, 0.2) is 36.4 Å². The number of ether oxygens (including phenoxy) is 1. The van der Waals surface area contributed by atoms with E-state index < -0.39 is 0 Å². The van der Waals surface area contributed by atoms with Gasteiger partial charge in [0.1, 0.15) is 5.75 Å². The monoisotopic (exact) mass is 226 g/mol. The van der Waals surface area contributed by atoms with E-state index in [2.05, 4.69) is 20.6 Å². The quantitative estimate of drug-likeness (QED) is 0.726. The minimum absolute atomic E-state index is 0.587. The number of tetrazole rings is 1. The van der Waals surface area contributed by atoms with Crippen LogP contribution < -0.4 is 4.74 Å². The van der Waals surface area contributed by atoms with Crippen molar-refractivity contribution < 1.29 is 4.74 Å². The number of aromatic nitrogens is 4. The first-order chi connectivity index (χ1) is 8.40. The van der Waals surface area contributed by atoms with E-state index in [1.807, 2.05) is 36.4 Å². The molecule has 5 heteroatoms. The molecule has 0 aliphatic rings. The van der Waals surface area contributed by atoms with Gasteiger partial charge in [0.2, 0.25) is 5.82 Å². The minimum Gasteiger partial charge on any atom is -0.496 e. The highest BCUT2D eigenvalue weighted by molar-refractivity contribution is 5.98. The molecule has 1 aromatic heterocycles. The molecule has 84 valence electrons. The van der Waals surface area contributed by atoms with Gasteiger partial charge >= 0.3 is 0 Å². The molecule has 0 radical (unpaired) electrons. The van der Waals surface area contributed by atoms with Gasteiger partial charge in [0.25, 0.3) is 0 Å². The molecule has 1 heterocycles. The molecule has 0 atom stereocenters. The highest BCUT2D eigenvalue weighted by Crippen LogP contribution is 2.32. The van der Waals surface area contributed by atoms with Gasteiger partial charge in [-0.2, -0.15) is 5.21 Å². The van der Waals surface area contributed by atoms with Crippen molar-refractivity contribution in [2.45, 2.75) is 0 Å². The first-order valence-corrected chi connectivity index (χ1v) is 5.19. The number of rotatable bonds is 2. The molecule has 0 aliphatic heterocycles. The number of benzene rings is 2. The molecule has 0 fully saturated rings. The Morgan fingerprint density at radius 3 is 2.59 bits per heavy atom. The van der Waals surface area contributed by atoms with Crippen LogP contribution in [0.1, 0.15) is 0 Å². The van der Waals surface area contributed by atoms with Crippen LogP contribution in [0, 0.1) is 0 Å². The van der Waals surface area contributed by atoms with Crippen molar-refractivity contribution in [3.8, 4) is 17.1 Å². The maximum Gasteiger partial charge on any atom is 0.205 e. The molecule has 2 aromatic carbocycles. The van der Waals surface area contributed by atoms with Gasteiger partial charge < -0.3 is 4.74 Å². The highest BCUT2D eigenvalue weighted by atomic mass is 16.5. The van der Waals surface area contributed by atoms with Crippen LogP contribution in [0.3, 0.4) is 0 Å². The first-order valence-electron chi connectivity index (χ1n) is 5.19. The number of methoxy groups -OCH3 is 1. The molecule has 1 N–H and O–H groups in total. The summed E-state index contributed by atoms with van der Waals surface area (Å²) >= 11 is 0. The van der Waals surface area contributed by atoms with Crippen LogP contribution in [0.25, 0.3) is 22.2 Å². The van der Waals surface area contributed by atoms with Crippen molar-refractivity contribution in [1.29, 1.82) is 0 Å². The van der Waals surface area contributed by atoms with Crippen molar-refractivity contribution in [3.63, 3.8) is 0 Å². The molecule has 0 aliphatic carbocycles. The van der Waals surface area contributed by atoms with E-state index in [9.17, 15) is 0 Å². The fourth-order valence-electron chi connectivity index (χ4n) is 1.92. The van der Waals surface area contributed by atoms with Crippen molar-refractivity contribution >= 4 is 10.8 Å². The van der Waals surface area contributed by atoms with Crippen molar-refractivity contribution in [2.24, 2.45) is 0 Å². The molecule has 3 rings (SSSR count). The first kappa shape index (κ1) is 9.77. The van der Waals surface area contributed by atoms with E-state index in [-0.39, 0.29) is 0 Å².